The summed E-state index contributed by atoms with van der Waals surface area (Å²) < 4.78 is 5.17. The number of nitrogens with one attached hydrogen (secondary N) is 1. The zero-order valence-electron chi connectivity index (χ0n) is 9.66. The van der Waals surface area contributed by atoms with E-state index in [0.29, 0.717) is 5.82 Å². The van der Waals surface area contributed by atoms with Crippen LogP contribution in [0.1, 0.15) is 11.3 Å². The van der Waals surface area contributed by atoms with Gasteiger partial charge in [-0.05, 0) is 37.1 Å². The fourth-order valence-electron chi connectivity index (χ4n) is 1.83. The third kappa shape index (κ3) is 1.62. The van der Waals surface area contributed by atoms with E-state index in [-0.39, 0.29) is 0 Å². The summed E-state index contributed by atoms with van der Waals surface area (Å²) in [6, 6.07) is 5.91. The molecule has 4 nitrogen and oxygen atoms in total. The van der Waals surface area contributed by atoms with Crippen LogP contribution in [0.3, 0.4) is 0 Å². The van der Waals surface area contributed by atoms with Crippen LogP contribution in [0.25, 0.3) is 11.1 Å². The summed E-state index contributed by atoms with van der Waals surface area (Å²) in [6.07, 6.45) is 0. The van der Waals surface area contributed by atoms with Crippen LogP contribution in [-0.4, -0.2) is 17.3 Å². The highest BCUT2D eigenvalue weighted by Crippen LogP contribution is 2.31. The summed E-state index contributed by atoms with van der Waals surface area (Å²) in [5.41, 5.74) is 9.95. The van der Waals surface area contributed by atoms with Gasteiger partial charge in [0.2, 0.25) is 0 Å². The number of benzene rings is 1. The number of nitrogen functional groups attached to an aromatic ring is 1. The third-order valence-electron chi connectivity index (χ3n) is 2.68. The van der Waals surface area contributed by atoms with Crippen molar-refractivity contribution in [3.8, 4) is 16.9 Å². The topological polar surface area (TPSA) is 63.9 Å². The lowest BCUT2D eigenvalue weighted by molar-refractivity contribution is 0.414. The molecule has 0 aliphatic rings. The third-order valence-corrected chi connectivity index (χ3v) is 2.68. The van der Waals surface area contributed by atoms with Gasteiger partial charge in [-0.1, -0.05) is 6.07 Å². The first-order chi connectivity index (χ1) is 7.63. The Morgan fingerprint density at radius 3 is 2.56 bits per heavy atom. The molecule has 0 fully saturated rings. The number of methoxy groups -OCH3 is 1. The van der Waals surface area contributed by atoms with E-state index in [9.17, 15) is 0 Å². The number of H-pyrrole nitrogens is 1. The minimum absolute atomic E-state index is 0.603. The minimum Gasteiger partial charge on any atom is -0.497 e. The molecular formula is C12H15N3O. The van der Waals surface area contributed by atoms with Crippen molar-refractivity contribution in [2.45, 2.75) is 13.8 Å². The van der Waals surface area contributed by atoms with Crippen molar-refractivity contribution in [2.75, 3.05) is 12.8 Å². The second-order valence-electron chi connectivity index (χ2n) is 3.78. The van der Waals surface area contributed by atoms with E-state index in [0.717, 1.165) is 28.1 Å². The van der Waals surface area contributed by atoms with E-state index in [1.54, 1.807) is 7.11 Å². The van der Waals surface area contributed by atoms with Crippen LogP contribution < -0.4 is 10.5 Å². The van der Waals surface area contributed by atoms with Gasteiger partial charge in [-0.15, -0.1) is 0 Å². The molecule has 2 aromatic rings. The van der Waals surface area contributed by atoms with Crippen molar-refractivity contribution in [1.29, 1.82) is 0 Å². The van der Waals surface area contributed by atoms with Gasteiger partial charge in [0.1, 0.15) is 11.6 Å². The Morgan fingerprint density at radius 1 is 1.31 bits per heavy atom. The number of nitrogens with zero attached hydrogens (tertiary/aromatic N) is 1. The van der Waals surface area contributed by atoms with Crippen molar-refractivity contribution in [2.24, 2.45) is 0 Å². The fourth-order valence-corrected chi connectivity index (χ4v) is 1.83. The van der Waals surface area contributed by atoms with E-state index in [2.05, 4.69) is 10.2 Å². The Bertz CT molecular complexity index is 497. The SMILES string of the molecule is COc1ccc(-c2c(C)n[nH]c2N)c(C)c1. The monoisotopic (exact) mass is 217 g/mol. The molecule has 0 saturated carbocycles. The molecule has 2 rings (SSSR count). The van der Waals surface area contributed by atoms with E-state index in [4.69, 9.17) is 10.5 Å². The van der Waals surface area contributed by atoms with Crippen molar-refractivity contribution in [3.63, 3.8) is 0 Å². The largest absolute Gasteiger partial charge is 0.497 e. The van der Waals surface area contributed by atoms with Gasteiger partial charge in [0, 0.05) is 5.56 Å². The zero-order chi connectivity index (χ0) is 11.7. The predicted octanol–water partition coefficient (Wildman–Crippen LogP) is 2.28. The second kappa shape index (κ2) is 3.89. The van der Waals surface area contributed by atoms with Crippen LogP contribution in [0.5, 0.6) is 5.75 Å². The molecule has 0 amide bonds. The van der Waals surface area contributed by atoms with Crippen LogP contribution in [0.2, 0.25) is 0 Å². The van der Waals surface area contributed by atoms with Crippen molar-refractivity contribution in [1.82, 2.24) is 10.2 Å². The highest BCUT2D eigenvalue weighted by molar-refractivity contribution is 5.78. The van der Waals surface area contributed by atoms with E-state index < -0.39 is 0 Å². The maximum absolute atomic E-state index is 5.86. The fraction of sp³-hybridized carbons (Fsp3) is 0.250. The Labute approximate surface area is 94.4 Å². The number of hydrogen-bond donors (Lipinski definition) is 2. The quantitative estimate of drug-likeness (QED) is 0.811. The number of nitrogens with two attached hydrogens (primary N) is 1. The molecule has 0 aliphatic heterocycles. The van der Waals surface area contributed by atoms with Gasteiger partial charge in [0.05, 0.1) is 12.8 Å². The molecule has 0 saturated heterocycles. The molecule has 16 heavy (non-hydrogen) atoms. The highest BCUT2D eigenvalue weighted by atomic mass is 16.5. The minimum atomic E-state index is 0.603. The zero-order valence-corrected chi connectivity index (χ0v) is 9.66. The average molecular weight is 217 g/mol. The van der Waals surface area contributed by atoms with Gasteiger partial charge < -0.3 is 10.5 Å². The van der Waals surface area contributed by atoms with E-state index in [1.807, 2.05) is 32.0 Å². The Kier molecular flexibility index (Phi) is 2.56. The highest BCUT2D eigenvalue weighted by Gasteiger charge is 2.12. The molecule has 4 heteroatoms. The molecule has 0 radical (unpaired) electrons. The van der Waals surface area contributed by atoms with Gasteiger partial charge in [0.15, 0.2) is 0 Å². The van der Waals surface area contributed by atoms with Crippen molar-refractivity contribution >= 4 is 5.82 Å². The van der Waals surface area contributed by atoms with Crippen molar-refractivity contribution in [3.05, 3.63) is 29.5 Å². The molecule has 1 heterocycles. The Balaban J connectivity index is 2.57. The van der Waals surface area contributed by atoms with Gasteiger partial charge in [0.25, 0.3) is 0 Å². The predicted molar refractivity (Wildman–Crippen MR) is 64.5 cm³/mol. The number of aromatic amines is 1. The normalized spacial score (nSPS) is 10.4. The van der Waals surface area contributed by atoms with Crippen LogP contribution in [0.15, 0.2) is 18.2 Å². The summed E-state index contributed by atoms with van der Waals surface area (Å²) in [7, 11) is 1.66. The Hall–Kier alpha value is -1.97. The standard InChI is InChI=1S/C12H15N3O/c1-7-6-9(16-3)4-5-10(7)11-8(2)14-15-12(11)13/h4-6H,1-3H3,(H3,13,14,15). The van der Waals surface area contributed by atoms with E-state index >= 15 is 0 Å². The number of rotatable bonds is 2. The lowest BCUT2D eigenvalue weighted by Gasteiger charge is -2.08. The molecule has 1 aromatic carbocycles. The number of anilines is 1. The van der Waals surface area contributed by atoms with Crippen LogP contribution in [0, 0.1) is 13.8 Å². The van der Waals surface area contributed by atoms with Gasteiger partial charge in [-0.3, -0.25) is 5.10 Å². The summed E-state index contributed by atoms with van der Waals surface area (Å²) in [5, 5.41) is 6.88. The van der Waals surface area contributed by atoms with Crippen LogP contribution in [0.4, 0.5) is 5.82 Å². The maximum Gasteiger partial charge on any atom is 0.127 e. The molecule has 0 bridgehead atoms. The molecule has 0 spiro atoms. The second-order valence-corrected chi connectivity index (χ2v) is 3.78. The maximum atomic E-state index is 5.86. The number of hydrogen-bond acceptors (Lipinski definition) is 3. The molecule has 0 atom stereocenters. The molecule has 0 unspecified atom stereocenters. The first-order valence-electron chi connectivity index (χ1n) is 5.09. The summed E-state index contributed by atoms with van der Waals surface area (Å²) in [4.78, 5) is 0. The molecule has 1 aromatic heterocycles. The summed E-state index contributed by atoms with van der Waals surface area (Å²) in [5.74, 6) is 1.45. The van der Waals surface area contributed by atoms with E-state index in [1.165, 1.54) is 0 Å². The number of aryl methyl sites for hydroxylation is 2. The van der Waals surface area contributed by atoms with Gasteiger partial charge in [-0.2, -0.15) is 5.10 Å². The summed E-state index contributed by atoms with van der Waals surface area (Å²) >= 11 is 0. The number of ether oxygens (including phenoxy) is 1. The molecule has 0 aliphatic carbocycles. The number of aromatic nitrogens is 2. The average Bonchev–Trinajstić information content (AvgIpc) is 2.59. The van der Waals surface area contributed by atoms with Gasteiger partial charge >= 0.3 is 0 Å². The van der Waals surface area contributed by atoms with Crippen LogP contribution in [-0.2, 0) is 0 Å². The Morgan fingerprint density at radius 2 is 2.06 bits per heavy atom. The van der Waals surface area contributed by atoms with Crippen molar-refractivity contribution < 1.29 is 4.74 Å². The molecular weight excluding hydrogens is 202 g/mol. The lowest BCUT2D eigenvalue weighted by atomic mass is 10.0. The van der Waals surface area contributed by atoms with Gasteiger partial charge in [-0.25, -0.2) is 0 Å². The smallest absolute Gasteiger partial charge is 0.127 e. The molecule has 84 valence electrons. The first kappa shape index (κ1) is 10.5. The summed E-state index contributed by atoms with van der Waals surface area (Å²) in [6.45, 7) is 3.97. The first-order valence-corrected chi connectivity index (χ1v) is 5.09. The molecule has 3 N–H and O–H groups in total. The lowest BCUT2D eigenvalue weighted by Crippen LogP contribution is -1.92. The van der Waals surface area contributed by atoms with Crippen LogP contribution >= 0.6 is 0 Å².